The molecule has 0 bridgehead atoms. The van der Waals surface area contributed by atoms with Gasteiger partial charge in [0, 0.05) is 10.7 Å². The number of hydrogen-bond donors (Lipinski definition) is 1. The van der Waals surface area contributed by atoms with Gasteiger partial charge in [-0.15, -0.1) is 0 Å². The number of benzene rings is 3. The van der Waals surface area contributed by atoms with E-state index in [1.165, 1.54) is 4.90 Å². The van der Waals surface area contributed by atoms with E-state index in [0.29, 0.717) is 21.9 Å². The fraction of sp³-hybridized carbons (Fsp3) is 0.154. The number of nitrogens with zero attached hydrogens (tertiary/aromatic N) is 1. The van der Waals surface area contributed by atoms with Crippen molar-refractivity contribution in [3.05, 3.63) is 99.7 Å². The summed E-state index contributed by atoms with van der Waals surface area (Å²) in [5, 5.41) is 3.85. The molecule has 1 N–H and O–H groups in total. The lowest BCUT2D eigenvalue weighted by Crippen LogP contribution is -2.32. The van der Waals surface area contributed by atoms with Crippen LogP contribution in [0.15, 0.2) is 72.4 Å². The Bertz CT molecular complexity index is 1210. The Morgan fingerprint density at radius 3 is 2.25 bits per heavy atom. The number of aryl methyl sites for hydroxylation is 1. The first kappa shape index (κ1) is 21.7. The van der Waals surface area contributed by atoms with Gasteiger partial charge in [0.2, 0.25) is 0 Å². The highest BCUT2D eigenvalue weighted by Gasteiger charge is 2.39. The summed E-state index contributed by atoms with van der Waals surface area (Å²) in [5.41, 5.74) is 4.98. The number of carbonyl (C=O) groups is 2. The lowest BCUT2D eigenvalue weighted by atomic mass is 10.0. The summed E-state index contributed by atoms with van der Waals surface area (Å²) in [6.45, 7) is 4.15. The number of rotatable bonds is 6. The van der Waals surface area contributed by atoms with Crippen molar-refractivity contribution in [2.45, 2.75) is 20.4 Å². The molecule has 1 aliphatic rings. The van der Waals surface area contributed by atoms with Crippen LogP contribution in [0.5, 0.6) is 5.75 Å². The summed E-state index contributed by atoms with van der Waals surface area (Å²) in [6.07, 6.45) is 0. The molecule has 0 saturated heterocycles. The molecule has 4 rings (SSSR count). The fourth-order valence-electron chi connectivity index (χ4n) is 3.65. The van der Waals surface area contributed by atoms with E-state index in [2.05, 4.69) is 5.32 Å². The maximum Gasteiger partial charge on any atom is 0.278 e. The quantitative estimate of drug-likeness (QED) is 0.518. The second-order valence-electron chi connectivity index (χ2n) is 7.67. The largest absolute Gasteiger partial charge is 0.497 e. The minimum atomic E-state index is -0.364. The molecule has 0 saturated carbocycles. The van der Waals surface area contributed by atoms with Crippen molar-refractivity contribution in [3.63, 3.8) is 0 Å². The summed E-state index contributed by atoms with van der Waals surface area (Å²) in [7, 11) is 1.58. The van der Waals surface area contributed by atoms with E-state index in [1.54, 1.807) is 43.5 Å². The summed E-state index contributed by atoms with van der Waals surface area (Å²) < 4.78 is 5.24. The van der Waals surface area contributed by atoms with Crippen LogP contribution in [0.2, 0.25) is 5.02 Å². The molecule has 6 heteroatoms. The Morgan fingerprint density at radius 1 is 0.906 bits per heavy atom. The van der Waals surface area contributed by atoms with Crippen molar-refractivity contribution in [2.24, 2.45) is 0 Å². The van der Waals surface area contributed by atoms with Gasteiger partial charge in [0.05, 0.1) is 19.2 Å². The van der Waals surface area contributed by atoms with Crippen LogP contribution in [-0.2, 0) is 16.1 Å². The predicted molar refractivity (Wildman–Crippen MR) is 126 cm³/mol. The van der Waals surface area contributed by atoms with E-state index in [0.717, 1.165) is 22.4 Å². The molecular formula is C26H23ClN2O3. The summed E-state index contributed by atoms with van der Waals surface area (Å²) in [4.78, 5) is 28.1. The molecule has 162 valence electrons. The first-order chi connectivity index (χ1) is 15.4. The third-order valence-electron chi connectivity index (χ3n) is 5.66. The van der Waals surface area contributed by atoms with E-state index < -0.39 is 0 Å². The van der Waals surface area contributed by atoms with E-state index in [4.69, 9.17) is 16.3 Å². The second-order valence-corrected chi connectivity index (χ2v) is 8.11. The first-order valence-corrected chi connectivity index (χ1v) is 10.6. The van der Waals surface area contributed by atoms with Gasteiger partial charge in [0.25, 0.3) is 11.8 Å². The van der Waals surface area contributed by atoms with Gasteiger partial charge in [-0.1, -0.05) is 48.0 Å². The number of ether oxygens (including phenoxy) is 1. The Balaban J connectivity index is 1.76. The van der Waals surface area contributed by atoms with Gasteiger partial charge < -0.3 is 10.1 Å². The molecule has 0 atom stereocenters. The minimum absolute atomic E-state index is 0.159. The number of carbonyl (C=O) groups excluding carboxylic acids is 2. The van der Waals surface area contributed by atoms with Gasteiger partial charge in [0.15, 0.2) is 0 Å². The molecule has 0 spiro atoms. The van der Waals surface area contributed by atoms with Crippen LogP contribution >= 0.6 is 11.6 Å². The van der Waals surface area contributed by atoms with Crippen molar-refractivity contribution >= 4 is 34.7 Å². The van der Waals surface area contributed by atoms with Gasteiger partial charge in [-0.3, -0.25) is 14.5 Å². The van der Waals surface area contributed by atoms with Crippen molar-refractivity contribution in [3.8, 4) is 5.75 Å². The zero-order valence-electron chi connectivity index (χ0n) is 18.1. The van der Waals surface area contributed by atoms with Crippen LogP contribution in [0, 0.1) is 13.8 Å². The summed E-state index contributed by atoms with van der Waals surface area (Å²) in [6, 6.07) is 20.1. The van der Waals surface area contributed by atoms with Crippen molar-refractivity contribution < 1.29 is 14.3 Å². The average molecular weight is 447 g/mol. The lowest BCUT2D eigenvalue weighted by molar-refractivity contribution is -0.137. The molecule has 1 heterocycles. The Morgan fingerprint density at radius 2 is 1.59 bits per heavy atom. The van der Waals surface area contributed by atoms with Crippen LogP contribution in [0.4, 0.5) is 5.69 Å². The van der Waals surface area contributed by atoms with Crippen LogP contribution in [0.1, 0.15) is 22.3 Å². The van der Waals surface area contributed by atoms with Crippen LogP contribution in [-0.4, -0.2) is 23.8 Å². The Labute approximate surface area is 192 Å². The third-order valence-corrected chi connectivity index (χ3v) is 5.92. The molecule has 0 radical (unpaired) electrons. The van der Waals surface area contributed by atoms with Crippen LogP contribution < -0.4 is 10.1 Å². The molecular weight excluding hydrogens is 424 g/mol. The van der Waals surface area contributed by atoms with E-state index in [1.807, 2.05) is 44.2 Å². The highest BCUT2D eigenvalue weighted by Crippen LogP contribution is 2.33. The normalized spacial score (nSPS) is 13.7. The van der Waals surface area contributed by atoms with Crippen molar-refractivity contribution in [1.29, 1.82) is 0 Å². The molecule has 0 aliphatic carbocycles. The number of anilines is 1. The number of hydrogen-bond acceptors (Lipinski definition) is 4. The first-order valence-electron chi connectivity index (χ1n) is 10.2. The zero-order valence-corrected chi connectivity index (χ0v) is 18.9. The van der Waals surface area contributed by atoms with E-state index in [-0.39, 0.29) is 24.1 Å². The molecule has 1 aliphatic heterocycles. The number of methoxy groups -OCH3 is 1. The summed E-state index contributed by atoms with van der Waals surface area (Å²) in [5.74, 6) is -0.0345. The minimum Gasteiger partial charge on any atom is -0.497 e. The zero-order chi connectivity index (χ0) is 22.8. The molecule has 32 heavy (non-hydrogen) atoms. The van der Waals surface area contributed by atoms with E-state index in [9.17, 15) is 9.59 Å². The SMILES string of the molecule is COc1ccc(C2=C(Nc3cccc(C)c3C)C(=O)N(Cc3ccc(Cl)cc3)C2=O)cc1. The van der Waals surface area contributed by atoms with Crippen LogP contribution in [0.25, 0.3) is 5.57 Å². The fourth-order valence-corrected chi connectivity index (χ4v) is 3.78. The number of amides is 2. The van der Waals surface area contributed by atoms with Gasteiger partial charge in [0.1, 0.15) is 11.4 Å². The molecule has 5 nitrogen and oxygen atoms in total. The van der Waals surface area contributed by atoms with Crippen molar-refractivity contribution in [2.75, 3.05) is 12.4 Å². The monoisotopic (exact) mass is 446 g/mol. The molecule has 3 aromatic carbocycles. The van der Waals surface area contributed by atoms with Crippen molar-refractivity contribution in [1.82, 2.24) is 4.90 Å². The Hall–Kier alpha value is -3.57. The maximum absolute atomic E-state index is 13.4. The highest BCUT2D eigenvalue weighted by atomic mass is 35.5. The highest BCUT2D eigenvalue weighted by molar-refractivity contribution is 6.36. The number of imide groups is 1. The third kappa shape index (κ3) is 4.12. The van der Waals surface area contributed by atoms with Gasteiger partial charge in [-0.25, -0.2) is 0 Å². The molecule has 0 aromatic heterocycles. The molecule has 3 aromatic rings. The molecule has 2 amide bonds. The molecule has 0 unspecified atom stereocenters. The van der Waals surface area contributed by atoms with Gasteiger partial charge in [-0.05, 0) is 66.4 Å². The maximum atomic E-state index is 13.4. The van der Waals surface area contributed by atoms with E-state index >= 15 is 0 Å². The topological polar surface area (TPSA) is 58.6 Å². The van der Waals surface area contributed by atoms with Gasteiger partial charge in [-0.2, -0.15) is 0 Å². The standard InChI is InChI=1S/C26H23ClN2O3/c1-16-5-4-6-22(17(16)2)28-24-23(19-9-13-21(32-3)14-10-19)25(30)29(26(24)31)15-18-7-11-20(27)12-8-18/h4-14,28H,15H2,1-3H3. The predicted octanol–water partition coefficient (Wildman–Crippen LogP) is 5.36. The van der Waals surface area contributed by atoms with Crippen LogP contribution in [0.3, 0.4) is 0 Å². The summed E-state index contributed by atoms with van der Waals surface area (Å²) >= 11 is 5.98. The smallest absolute Gasteiger partial charge is 0.278 e. The second kappa shape index (κ2) is 8.89. The number of nitrogens with one attached hydrogen (secondary N) is 1. The lowest BCUT2D eigenvalue weighted by Gasteiger charge is -2.16. The number of halogens is 1. The Kier molecular flexibility index (Phi) is 6.01. The van der Waals surface area contributed by atoms with Gasteiger partial charge >= 0.3 is 0 Å². The molecule has 0 fully saturated rings. The average Bonchev–Trinajstić information content (AvgIpc) is 3.02.